The first-order chi connectivity index (χ1) is 10.9. The van der Waals surface area contributed by atoms with Crippen molar-refractivity contribution in [1.82, 2.24) is 0 Å². The lowest BCUT2D eigenvalue weighted by atomic mass is 10.1. The summed E-state index contributed by atoms with van der Waals surface area (Å²) in [5.41, 5.74) is 0. The molecule has 0 aromatic rings. The van der Waals surface area contributed by atoms with Gasteiger partial charge in [0.15, 0.2) is 0 Å². The monoisotopic (exact) mass is 312 g/mol. The summed E-state index contributed by atoms with van der Waals surface area (Å²) in [4.78, 5) is 0. The molecular formula is C18H32O4. The van der Waals surface area contributed by atoms with Crippen LogP contribution in [0.25, 0.3) is 0 Å². The van der Waals surface area contributed by atoms with E-state index in [0.29, 0.717) is 13.2 Å². The largest absolute Gasteiger partial charge is 0.502 e. The molecule has 0 bridgehead atoms. The Morgan fingerprint density at radius 1 is 0.864 bits per heavy atom. The SMILES string of the molecule is C=COCCCCOCCOCCCCOC1=CCCCC1. The van der Waals surface area contributed by atoms with E-state index in [0.717, 1.165) is 58.5 Å². The third kappa shape index (κ3) is 11.6. The fourth-order valence-corrected chi connectivity index (χ4v) is 2.24. The molecular weight excluding hydrogens is 280 g/mol. The van der Waals surface area contributed by atoms with Gasteiger partial charge in [-0.25, -0.2) is 0 Å². The predicted octanol–water partition coefficient (Wildman–Crippen LogP) is 4.21. The molecule has 1 aliphatic rings. The van der Waals surface area contributed by atoms with Gasteiger partial charge in [0.05, 0.1) is 38.4 Å². The summed E-state index contributed by atoms with van der Waals surface area (Å²) in [5.74, 6) is 1.19. The van der Waals surface area contributed by atoms with Crippen molar-refractivity contribution in [3.8, 4) is 0 Å². The van der Waals surface area contributed by atoms with Gasteiger partial charge in [-0.05, 0) is 51.0 Å². The van der Waals surface area contributed by atoms with Gasteiger partial charge in [-0.3, -0.25) is 0 Å². The maximum absolute atomic E-state index is 5.75. The lowest BCUT2D eigenvalue weighted by Gasteiger charge is -2.14. The highest BCUT2D eigenvalue weighted by Crippen LogP contribution is 2.18. The third-order valence-electron chi connectivity index (χ3n) is 3.51. The van der Waals surface area contributed by atoms with Gasteiger partial charge in [0, 0.05) is 19.6 Å². The molecule has 0 aromatic heterocycles. The van der Waals surface area contributed by atoms with Crippen molar-refractivity contribution in [2.45, 2.75) is 51.4 Å². The van der Waals surface area contributed by atoms with Crippen LogP contribution < -0.4 is 0 Å². The number of allylic oxidation sites excluding steroid dienone is 2. The first-order valence-electron chi connectivity index (χ1n) is 8.63. The average Bonchev–Trinajstić information content (AvgIpc) is 2.56. The number of hydrogen-bond acceptors (Lipinski definition) is 4. The molecule has 0 spiro atoms. The Morgan fingerprint density at radius 3 is 2.18 bits per heavy atom. The zero-order valence-electron chi connectivity index (χ0n) is 13.9. The Kier molecular flexibility index (Phi) is 12.9. The van der Waals surface area contributed by atoms with Gasteiger partial charge < -0.3 is 18.9 Å². The molecule has 0 aliphatic heterocycles. The quantitative estimate of drug-likeness (QED) is 0.335. The molecule has 4 nitrogen and oxygen atoms in total. The number of hydrogen-bond donors (Lipinski definition) is 0. The van der Waals surface area contributed by atoms with E-state index < -0.39 is 0 Å². The lowest BCUT2D eigenvalue weighted by molar-refractivity contribution is 0.0421. The van der Waals surface area contributed by atoms with E-state index in [9.17, 15) is 0 Å². The van der Waals surface area contributed by atoms with E-state index in [-0.39, 0.29) is 0 Å². The molecule has 0 heterocycles. The minimum atomic E-state index is 0.672. The molecule has 4 heteroatoms. The second-order valence-corrected chi connectivity index (χ2v) is 5.44. The van der Waals surface area contributed by atoms with Crippen molar-refractivity contribution in [2.24, 2.45) is 0 Å². The van der Waals surface area contributed by atoms with E-state index in [1.165, 1.54) is 31.3 Å². The summed E-state index contributed by atoms with van der Waals surface area (Å²) < 4.78 is 21.8. The fourth-order valence-electron chi connectivity index (χ4n) is 2.24. The van der Waals surface area contributed by atoms with E-state index in [4.69, 9.17) is 18.9 Å². The summed E-state index contributed by atoms with van der Waals surface area (Å²) in [5, 5.41) is 0. The summed E-state index contributed by atoms with van der Waals surface area (Å²) in [7, 11) is 0. The maximum Gasteiger partial charge on any atom is 0.0919 e. The van der Waals surface area contributed by atoms with Crippen LogP contribution in [0.3, 0.4) is 0 Å². The van der Waals surface area contributed by atoms with E-state index in [2.05, 4.69) is 12.7 Å². The molecule has 0 saturated carbocycles. The van der Waals surface area contributed by atoms with Crippen molar-refractivity contribution < 1.29 is 18.9 Å². The third-order valence-corrected chi connectivity index (χ3v) is 3.51. The average molecular weight is 312 g/mol. The van der Waals surface area contributed by atoms with Gasteiger partial charge in [-0.1, -0.05) is 6.58 Å². The first-order valence-corrected chi connectivity index (χ1v) is 8.63. The van der Waals surface area contributed by atoms with Crippen molar-refractivity contribution in [3.63, 3.8) is 0 Å². The van der Waals surface area contributed by atoms with Crippen LogP contribution in [-0.2, 0) is 18.9 Å². The Bertz CT molecular complexity index is 289. The summed E-state index contributed by atoms with van der Waals surface area (Å²) in [6.07, 6.45) is 12.7. The van der Waals surface area contributed by atoms with Gasteiger partial charge in [0.2, 0.25) is 0 Å². The van der Waals surface area contributed by atoms with Gasteiger partial charge >= 0.3 is 0 Å². The standard InChI is InChI=1S/C18H32O4/c1-2-19-12-6-7-13-20-16-17-21-14-8-9-15-22-18-10-4-3-5-11-18/h2,10H,1,3-9,11-17H2. The topological polar surface area (TPSA) is 36.9 Å². The van der Waals surface area contributed by atoms with Gasteiger partial charge in [-0.15, -0.1) is 0 Å². The van der Waals surface area contributed by atoms with Crippen molar-refractivity contribution >= 4 is 0 Å². The molecule has 0 N–H and O–H groups in total. The number of unbranched alkanes of at least 4 members (excludes halogenated alkanes) is 2. The molecule has 128 valence electrons. The molecule has 22 heavy (non-hydrogen) atoms. The molecule has 0 saturated heterocycles. The zero-order valence-corrected chi connectivity index (χ0v) is 13.9. The van der Waals surface area contributed by atoms with Crippen molar-refractivity contribution in [2.75, 3.05) is 39.6 Å². The summed E-state index contributed by atoms with van der Waals surface area (Å²) in [6.45, 7) is 7.95. The normalized spacial score (nSPS) is 14.5. The van der Waals surface area contributed by atoms with Crippen LogP contribution in [0.5, 0.6) is 0 Å². The smallest absolute Gasteiger partial charge is 0.0919 e. The molecule has 0 radical (unpaired) electrons. The number of rotatable bonds is 15. The van der Waals surface area contributed by atoms with Crippen LogP contribution in [0.1, 0.15) is 51.4 Å². The Morgan fingerprint density at radius 2 is 1.55 bits per heavy atom. The second kappa shape index (κ2) is 14.9. The van der Waals surface area contributed by atoms with Gasteiger partial charge in [0.1, 0.15) is 0 Å². The van der Waals surface area contributed by atoms with Crippen molar-refractivity contribution in [1.29, 1.82) is 0 Å². The van der Waals surface area contributed by atoms with E-state index in [1.54, 1.807) is 0 Å². The highest BCUT2D eigenvalue weighted by molar-refractivity contribution is 4.96. The Hall–Kier alpha value is -1.00. The van der Waals surface area contributed by atoms with Crippen LogP contribution in [0.4, 0.5) is 0 Å². The molecule has 1 rings (SSSR count). The molecule has 1 aliphatic carbocycles. The number of ether oxygens (including phenoxy) is 4. The van der Waals surface area contributed by atoms with E-state index >= 15 is 0 Å². The summed E-state index contributed by atoms with van der Waals surface area (Å²) >= 11 is 0. The van der Waals surface area contributed by atoms with Crippen LogP contribution in [0.15, 0.2) is 24.7 Å². The van der Waals surface area contributed by atoms with Crippen LogP contribution in [0.2, 0.25) is 0 Å². The van der Waals surface area contributed by atoms with Crippen molar-refractivity contribution in [3.05, 3.63) is 24.7 Å². The Balaban J connectivity index is 1.71. The zero-order chi connectivity index (χ0) is 15.7. The van der Waals surface area contributed by atoms with Gasteiger partial charge in [0.25, 0.3) is 0 Å². The second-order valence-electron chi connectivity index (χ2n) is 5.44. The minimum absolute atomic E-state index is 0.672. The fraction of sp³-hybridized carbons (Fsp3) is 0.778. The summed E-state index contributed by atoms with van der Waals surface area (Å²) in [6, 6.07) is 0. The molecule has 0 amide bonds. The predicted molar refractivity (Wildman–Crippen MR) is 88.8 cm³/mol. The highest BCUT2D eigenvalue weighted by atomic mass is 16.5. The Labute approximate surface area is 135 Å². The van der Waals surface area contributed by atoms with Crippen LogP contribution >= 0.6 is 0 Å². The van der Waals surface area contributed by atoms with Crippen LogP contribution in [0, 0.1) is 0 Å². The van der Waals surface area contributed by atoms with Crippen LogP contribution in [-0.4, -0.2) is 39.6 Å². The first kappa shape index (κ1) is 19.0. The molecule has 0 unspecified atom stereocenters. The molecule has 0 fully saturated rings. The molecule has 0 atom stereocenters. The minimum Gasteiger partial charge on any atom is -0.502 e. The lowest BCUT2D eigenvalue weighted by Crippen LogP contribution is -2.07. The molecule has 0 aromatic carbocycles. The maximum atomic E-state index is 5.75. The van der Waals surface area contributed by atoms with E-state index in [1.807, 2.05) is 0 Å². The van der Waals surface area contributed by atoms with Gasteiger partial charge in [-0.2, -0.15) is 0 Å². The highest BCUT2D eigenvalue weighted by Gasteiger charge is 2.03.